The van der Waals surface area contributed by atoms with E-state index in [9.17, 15) is 22.7 Å². The van der Waals surface area contributed by atoms with Gasteiger partial charge in [0, 0.05) is 0 Å². The van der Waals surface area contributed by atoms with Gasteiger partial charge >= 0.3 is 6.18 Å². The first-order chi connectivity index (χ1) is 8.75. The Balaban J connectivity index is 0.00000361. The molecule has 0 aromatic heterocycles. The van der Waals surface area contributed by atoms with E-state index in [0.29, 0.717) is 18.9 Å². The van der Waals surface area contributed by atoms with Crippen LogP contribution >= 0.6 is 12.4 Å². The number of nitrogens with two attached hydrogens (primary N) is 1. The van der Waals surface area contributed by atoms with Crippen LogP contribution in [0, 0.1) is 5.82 Å². The second-order valence-corrected chi connectivity index (χ2v) is 4.51. The summed E-state index contributed by atoms with van der Waals surface area (Å²) in [6.45, 7) is 1.92. The van der Waals surface area contributed by atoms with E-state index in [1.807, 2.05) is 6.92 Å². The maximum absolute atomic E-state index is 13.2. The summed E-state index contributed by atoms with van der Waals surface area (Å²) in [7, 11) is 0. The zero-order valence-corrected chi connectivity index (χ0v) is 11.8. The topological polar surface area (TPSA) is 46.2 Å². The normalized spacial score (nSPS) is 14.6. The minimum absolute atomic E-state index is 0. The summed E-state index contributed by atoms with van der Waals surface area (Å²) >= 11 is 0. The second-order valence-electron chi connectivity index (χ2n) is 4.51. The molecule has 0 unspecified atom stereocenters. The monoisotopic (exact) mass is 315 g/mol. The molecular weight excluding hydrogens is 298 g/mol. The van der Waals surface area contributed by atoms with Crippen molar-refractivity contribution in [2.24, 2.45) is 5.73 Å². The SMILES string of the molecule is CCCC[C@H](O)[C@H](N)c1cc(F)cc(C(F)(F)F)c1.Cl. The van der Waals surface area contributed by atoms with Crippen molar-refractivity contribution in [3.63, 3.8) is 0 Å². The molecule has 116 valence electrons. The lowest BCUT2D eigenvalue weighted by Crippen LogP contribution is -2.26. The Morgan fingerprint density at radius 3 is 2.35 bits per heavy atom. The molecule has 2 atom stereocenters. The van der Waals surface area contributed by atoms with E-state index in [-0.39, 0.29) is 18.0 Å². The molecule has 0 aliphatic heterocycles. The third-order valence-corrected chi connectivity index (χ3v) is 2.90. The van der Waals surface area contributed by atoms with Gasteiger partial charge in [0.25, 0.3) is 0 Å². The highest BCUT2D eigenvalue weighted by atomic mass is 35.5. The van der Waals surface area contributed by atoms with Crippen molar-refractivity contribution < 1.29 is 22.7 Å². The summed E-state index contributed by atoms with van der Waals surface area (Å²) < 4.78 is 50.8. The van der Waals surface area contributed by atoms with Crippen LogP contribution in [-0.4, -0.2) is 11.2 Å². The first-order valence-corrected chi connectivity index (χ1v) is 6.07. The van der Waals surface area contributed by atoms with Crippen LogP contribution in [0.15, 0.2) is 18.2 Å². The first-order valence-electron chi connectivity index (χ1n) is 6.07. The summed E-state index contributed by atoms with van der Waals surface area (Å²) in [4.78, 5) is 0. The Morgan fingerprint density at radius 2 is 1.85 bits per heavy atom. The smallest absolute Gasteiger partial charge is 0.391 e. The minimum Gasteiger partial charge on any atom is -0.391 e. The van der Waals surface area contributed by atoms with Crippen LogP contribution < -0.4 is 5.73 Å². The number of aliphatic hydroxyl groups is 1. The lowest BCUT2D eigenvalue weighted by atomic mass is 9.96. The van der Waals surface area contributed by atoms with Crippen molar-refractivity contribution in [1.82, 2.24) is 0 Å². The van der Waals surface area contributed by atoms with E-state index >= 15 is 0 Å². The molecule has 1 rings (SSSR count). The van der Waals surface area contributed by atoms with Crippen molar-refractivity contribution in [2.45, 2.75) is 44.5 Å². The van der Waals surface area contributed by atoms with Gasteiger partial charge in [-0.1, -0.05) is 19.8 Å². The third kappa shape index (κ3) is 5.26. The van der Waals surface area contributed by atoms with Crippen LogP contribution in [-0.2, 0) is 6.18 Å². The largest absolute Gasteiger partial charge is 0.416 e. The van der Waals surface area contributed by atoms with Crippen LogP contribution in [0.5, 0.6) is 0 Å². The Bertz CT molecular complexity index is 425. The second kappa shape index (κ2) is 7.81. The van der Waals surface area contributed by atoms with Crippen LogP contribution in [0.1, 0.15) is 43.4 Å². The molecular formula is C13H18ClF4NO. The molecule has 0 aliphatic carbocycles. The van der Waals surface area contributed by atoms with Gasteiger partial charge in [-0.05, 0) is 30.2 Å². The average Bonchev–Trinajstić information content (AvgIpc) is 2.33. The van der Waals surface area contributed by atoms with Gasteiger partial charge in [-0.15, -0.1) is 12.4 Å². The summed E-state index contributed by atoms with van der Waals surface area (Å²) in [5.41, 5.74) is 4.53. The quantitative estimate of drug-likeness (QED) is 0.811. The fourth-order valence-electron chi connectivity index (χ4n) is 1.78. The fourth-order valence-corrected chi connectivity index (χ4v) is 1.78. The molecule has 3 N–H and O–H groups in total. The Labute approximate surface area is 121 Å². The number of unbranched alkanes of at least 4 members (excludes halogenated alkanes) is 1. The Morgan fingerprint density at radius 1 is 1.25 bits per heavy atom. The Hall–Kier alpha value is -0.850. The van der Waals surface area contributed by atoms with E-state index in [0.717, 1.165) is 18.6 Å². The predicted octanol–water partition coefficient (Wildman–Crippen LogP) is 3.82. The van der Waals surface area contributed by atoms with Gasteiger partial charge in [-0.2, -0.15) is 13.2 Å². The molecule has 7 heteroatoms. The zero-order chi connectivity index (χ0) is 14.6. The van der Waals surface area contributed by atoms with E-state index < -0.39 is 29.7 Å². The first kappa shape index (κ1) is 19.1. The highest BCUT2D eigenvalue weighted by molar-refractivity contribution is 5.85. The molecule has 0 amide bonds. The van der Waals surface area contributed by atoms with Gasteiger partial charge in [-0.25, -0.2) is 4.39 Å². The molecule has 0 radical (unpaired) electrons. The fraction of sp³-hybridized carbons (Fsp3) is 0.538. The minimum atomic E-state index is -4.63. The number of halogens is 5. The van der Waals surface area contributed by atoms with Gasteiger partial charge in [0.2, 0.25) is 0 Å². The average molecular weight is 316 g/mol. The summed E-state index contributed by atoms with van der Waals surface area (Å²) in [5, 5.41) is 9.76. The van der Waals surface area contributed by atoms with Gasteiger partial charge < -0.3 is 10.8 Å². The highest BCUT2D eigenvalue weighted by Crippen LogP contribution is 2.32. The molecule has 1 aromatic carbocycles. The number of hydrogen-bond acceptors (Lipinski definition) is 2. The van der Waals surface area contributed by atoms with E-state index in [1.54, 1.807) is 0 Å². The summed E-state index contributed by atoms with van der Waals surface area (Å²) in [6.07, 6.45) is -3.71. The maximum atomic E-state index is 13.2. The van der Waals surface area contributed by atoms with Crippen LogP contribution in [0.3, 0.4) is 0 Å². The molecule has 0 saturated heterocycles. The van der Waals surface area contributed by atoms with Crippen molar-refractivity contribution >= 4 is 12.4 Å². The lowest BCUT2D eigenvalue weighted by Gasteiger charge is -2.20. The molecule has 20 heavy (non-hydrogen) atoms. The number of aliphatic hydroxyl groups excluding tert-OH is 1. The molecule has 0 saturated carbocycles. The van der Waals surface area contributed by atoms with E-state index in [2.05, 4.69) is 0 Å². The van der Waals surface area contributed by atoms with Crippen LogP contribution in [0.2, 0.25) is 0 Å². The lowest BCUT2D eigenvalue weighted by molar-refractivity contribution is -0.137. The molecule has 0 spiro atoms. The van der Waals surface area contributed by atoms with Gasteiger partial charge in [-0.3, -0.25) is 0 Å². The predicted molar refractivity (Wildman–Crippen MR) is 71.1 cm³/mol. The van der Waals surface area contributed by atoms with Crippen molar-refractivity contribution in [3.05, 3.63) is 35.1 Å². The van der Waals surface area contributed by atoms with Crippen LogP contribution in [0.4, 0.5) is 17.6 Å². The molecule has 0 bridgehead atoms. The van der Waals surface area contributed by atoms with Crippen molar-refractivity contribution in [3.8, 4) is 0 Å². The molecule has 0 heterocycles. The van der Waals surface area contributed by atoms with Crippen molar-refractivity contribution in [1.29, 1.82) is 0 Å². The van der Waals surface area contributed by atoms with E-state index in [4.69, 9.17) is 5.73 Å². The number of hydrogen-bond donors (Lipinski definition) is 2. The van der Waals surface area contributed by atoms with Gasteiger partial charge in [0.05, 0.1) is 17.7 Å². The number of rotatable bonds is 5. The zero-order valence-electron chi connectivity index (χ0n) is 11.0. The van der Waals surface area contributed by atoms with Gasteiger partial charge in [0.1, 0.15) is 5.82 Å². The van der Waals surface area contributed by atoms with Gasteiger partial charge in [0.15, 0.2) is 0 Å². The van der Waals surface area contributed by atoms with Crippen LogP contribution in [0.25, 0.3) is 0 Å². The number of alkyl halides is 3. The standard InChI is InChI=1S/C13H17F4NO.ClH/c1-2-3-4-11(19)12(18)8-5-9(13(15,16)17)7-10(14)6-8;/h5-7,11-12,19H,2-4,18H2,1H3;1H/t11-,12+;/m0./s1. The Kier molecular flexibility index (Phi) is 7.47. The summed E-state index contributed by atoms with van der Waals surface area (Å²) in [5.74, 6) is -1.01. The highest BCUT2D eigenvalue weighted by Gasteiger charge is 2.32. The molecule has 2 nitrogen and oxygen atoms in total. The molecule has 0 aliphatic rings. The number of benzene rings is 1. The van der Waals surface area contributed by atoms with E-state index in [1.165, 1.54) is 0 Å². The van der Waals surface area contributed by atoms with Crippen molar-refractivity contribution in [2.75, 3.05) is 0 Å². The maximum Gasteiger partial charge on any atom is 0.416 e. The third-order valence-electron chi connectivity index (χ3n) is 2.90. The summed E-state index contributed by atoms with van der Waals surface area (Å²) in [6, 6.07) is 1.09. The molecule has 1 aromatic rings. The molecule has 0 fully saturated rings.